The van der Waals surface area contributed by atoms with Gasteiger partial charge < -0.3 is 15.4 Å². The van der Waals surface area contributed by atoms with Crippen molar-refractivity contribution in [1.82, 2.24) is 0 Å². The summed E-state index contributed by atoms with van der Waals surface area (Å²) in [5.74, 6) is 0.995. The first-order valence-electron chi connectivity index (χ1n) is 7.62. The normalized spacial score (nSPS) is 17.6. The summed E-state index contributed by atoms with van der Waals surface area (Å²) < 4.78 is 6.34. The lowest BCUT2D eigenvalue weighted by Gasteiger charge is -2.46. The SMILES string of the molecule is CCC1(CC)CN(CC(C)(C)N)c2cc(C)ccc2O1. The molecule has 0 bridgehead atoms. The van der Waals surface area contributed by atoms with Crippen LogP contribution in [0.1, 0.15) is 46.1 Å². The van der Waals surface area contributed by atoms with Crippen LogP contribution < -0.4 is 15.4 Å². The Bertz CT molecular complexity index is 472. The number of hydrogen-bond acceptors (Lipinski definition) is 3. The maximum Gasteiger partial charge on any atom is 0.143 e. The van der Waals surface area contributed by atoms with E-state index in [0.717, 1.165) is 31.7 Å². The summed E-state index contributed by atoms with van der Waals surface area (Å²) in [7, 11) is 0. The molecule has 1 aromatic rings. The minimum absolute atomic E-state index is 0.0898. The van der Waals surface area contributed by atoms with Crippen molar-refractivity contribution in [2.75, 3.05) is 18.0 Å². The largest absolute Gasteiger partial charge is 0.483 e. The van der Waals surface area contributed by atoms with Gasteiger partial charge in [-0.05, 0) is 51.3 Å². The van der Waals surface area contributed by atoms with Gasteiger partial charge in [0.15, 0.2) is 0 Å². The Hall–Kier alpha value is -1.22. The number of ether oxygens (including phenoxy) is 1. The van der Waals surface area contributed by atoms with Gasteiger partial charge in [-0.2, -0.15) is 0 Å². The number of anilines is 1. The second-order valence-electron chi connectivity index (χ2n) is 6.81. The maximum absolute atomic E-state index is 6.34. The number of hydrogen-bond donors (Lipinski definition) is 1. The van der Waals surface area contributed by atoms with Crippen LogP contribution in [0.4, 0.5) is 5.69 Å². The molecule has 0 saturated carbocycles. The van der Waals surface area contributed by atoms with Crippen LogP contribution in [0, 0.1) is 6.92 Å². The van der Waals surface area contributed by atoms with Crippen molar-refractivity contribution in [3.05, 3.63) is 23.8 Å². The molecule has 0 fully saturated rings. The highest BCUT2D eigenvalue weighted by Gasteiger charge is 2.38. The van der Waals surface area contributed by atoms with Crippen LogP contribution in [0.15, 0.2) is 18.2 Å². The summed E-state index contributed by atoms with van der Waals surface area (Å²) in [6.45, 7) is 12.4. The summed E-state index contributed by atoms with van der Waals surface area (Å²) in [4.78, 5) is 2.40. The van der Waals surface area contributed by atoms with Gasteiger partial charge in [-0.1, -0.05) is 19.9 Å². The molecule has 1 aromatic carbocycles. The van der Waals surface area contributed by atoms with E-state index in [1.807, 2.05) is 0 Å². The molecule has 3 heteroatoms. The molecule has 0 unspecified atom stereocenters. The molecular formula is C17H28N2O. The smallest absolute Gasteiger partial charge is 0.143 e. The zero-order valence-electron chi connectivity index (χ0n) is 13.5. The van der Waals surface area contributed by atoms with Gasteiger partial charge in [0, 0.05) is 12.1 Å². The molecule has 3 nitrogen and oxygen atoms in total. The molecule has 0 aliphatic carbocycles. The fraction of sp³-hybridized carbons (Fsp3) is 0.647. The van der Waals surface area contributed by atoms with Crippen molar-refractivity contribution in [2.24, 2.45) is 5.73 Å². The summed E-state index contributed by atoms with van der Waals surface area (Å²) >= 11 is 0. The van der Waals surface area contributed by atoms with E-state index in [1.165, 1.54) is 11.3 Å². The molecule has 0 saturated heterocycles. The van der Waals surface area contributed by atoms with Gasteiger partial charge in [-0.15, -0.1) is 0 Å². The minimum atomic E-state index is -0.217. The van der Waals surface area contributed by atoms with E-state index in [2.05, 4.69) is 57.7 Å². The van der Waals surface area contributed by atoms with Crippen molar-refractivity contribution in [2.45, 2.75) is 58.6 Å². The van der Waals surface area contributed by atoms with E-state index in [4.69, 9.17) is 10.5 Å². The first kappa shape index (κ1) is 15.2. The van der Waals surface area contributed by atoms with E-state index in [1.54, 1.807) is 0 Å². The molecule has 1 aliphatic rings. The van der Waals surface area contributed by atoms with Crippen molar-refractivity contribution >= 4 is 5.69 Å². The van der Waals surface area contributed by atoms with Gasteiger partial charge in [0.05, 0.1) is 12.2 Å². The van der Waals surface area contributed by atoms with Crippen molar-refractivity contribution in [3.63, 3.8) is 0 Å². The minimum Gasteiger partial charge on any atom is -0.483 e. The lowest BCUT2D eigenvalue weighted by atomic mass is 9.92. The van der Waals surface area contributed by atoms with Gasteiger partial charge in [0.25, 0.3) is 0 Å². The summed E-state index contributed by atoms with van der Waals surface area (Å²) in [5, 5.41) is 0. The first-order chi connectivity index (χ1) is 9.28. The average molecular weight is 276 g/mol. The van der Waals surface area contributed by atoms with Crippen molar-refractivity contribution in [3.8, 4) is 5.75 Å². The number of aryl methyl sites for hydroxylation is 1. The van der Waals surface area contributed by atoms with Crippen LogP contribution in [-0.2, 0) is 0 Å². The molecule has 2 N–H and O–H groups in total. The second-order valence-corrected chi connectivity index (χ2v) is 6.81. The third-order valence-corrected chi connectivity index (χ3v) is 4.15. The molecule has 2 rings (SSSR count). The molecule has 0 atom stereocenters. The highest BCUT2D eigenvalue weighted by atomic mass is 16.5. The lowest BCUT2D eigenvalue weighted by molar-refractivity contribution is 0.0564. The Balaban J connectivity index is 2.42. The van der Waals surface area contributed by atoms with E-state index in [-0.39, 0.29) is 11.1 Å². The average Bonchev–Trinajstić information content (AvgIpc) is 2.37. The van der Waals surface area contributed by atoms with Crippen LogP contribution in [0.25, 0.3) is 0 Å². The lowest BCUT2D eigenvalue weighted by Crippen LogP contribution is -2.55. The van der Waals surface area contributed by atoms with Gasteiger partial charge in [-0.25, -0.2) is 0 Å². The van der Waals surface area contributed by atoms with Gasteiger partial charge in [-0.3, -0.25) is 0 Å². The fourth-order valence-electron chi connectivity index (χ4n) is 2.91. The summed E-state index contributed by atoms with van der Waals surface area (Å²) in [6.07, 6.45) is 2.02. The number of nitrogens with zero attached hydrogens (tertiary/aromatic N) is 1. The second kappa shape index (κ2) is 5.28. The molecule has 1 aliphatic heterocycles. The molecule has 0 amide bonds. The van der Waals surface area contributed by atoms with Crippen LogP contribution in [-0.4, -0.2) is 24.2 Å². The van der Waals surface area contributed by atoms with Crippen LogP contribution in [0.5, 0.6) is 5.75 Å². The number of rotatable bonds is 4. The highest BCUT2D eigenvalue weighted by molar-refractivity contribution is 5.62. The third-order valence-electron chi connectivity index (χ3n) is 4.15. The van der Waals surface area contributed by atoms with Gasteiger partial charge in [0.2, 0.25) is 0 Å². The Morgan fingerprint density at radius 2 is 1.95 bits per heavy atom. The van der Waals surface area contributed by atoms with E-state index < -0.39 is 0 Å². The zero-order chi connectivity index (χ0) is 15.0. The van der Waals surface area contributed by atoms with Crippen molar-refractivity contribution in [1.29, 1.82) is 0 Å². The van der Waals surface area contributed by atoms with E-state index >= 15 is 0 Å². The van der Waals surface area contributed by atoms with Crippen LogP contribution in [0.2, 0.25) is 0 Å². The highest BCUT2D eigenvalue weighted by Crippen LogP contribution is 2.40. The Morgan fingerprint density at radius 1 is 1.30 bits per heavy atom. The first-order valence-corrected chi connectivity index (χ1v) is 7.62. The van der Waals surface area contributed by atoms with Gasteiger partial charge in [0.1, 0.15) is 11.4 Å². The standard InChI is InChI=1S/C17H28N2O/c1-6-17(7-2)12-19(11-16(4,5)18)14-10-13(3)8-9-15(14)20-17/h8-10H,6-7,11-12,18H2,1-5H3. The molecular weight excluding hydrogens is 248 g/mol. The Morgan fingerprint density at radius 3 is 2.50 bits per heavy atom. The summed E-state index contributed by atoms with van der Waals surface area (Å²) in [5.41, 5.74) is 8.38. The van der Waals surface area contributed by atoms with Crippen LogP contribution in [0.3, 0.4) is 0 Å². The van der Waals surface area contributed by atoms with Gasteiger partial charge >= 0.3 is 0 Å². The summed E-state index contributed by atoms with van der Waals surface area (Å²) in [6, 6.07) is 6.42. The maximum atomic E-state index is 6.34. The zero-order valence-corrected chi connectivity index (χ0v) is 13.5. The predicted octanol–water partition coefficient (Wildman–Crippen LogP) is 3.49. The number of nitrogens with two attached hydrogens (primary N) is 1. The predicted molar refractivity (Wildman–Crippen MR) is 85.6 cm³/mol. The van der Waals surface area contributed by atoms with E-state index in [9.17, 15) is 0 Å². The topological polar surface area (TPSA) is 38.5 Å². The molecule has 0 aromatic heterocycles. The Labute approximate surface area is 123 Å². The monoisotopic (exact) mass is 276 g/mol. The molecule has 112 valence electrons. The molecule has 0 spiro atoms. The third kappa shape index (κ3) is 3.09. The number of fused-ring (bicyclic) bond motifs is 1. The molecule has 20 heavy (non-hydrogen) atoms. The van der Waals surface area contributed by atoms with Crippen molar-refractivity contribution < 1.29 is 4.74 Å². The Kier molecular flexibility index (Phi) is 4.01. The van der Waals surface area contributed by atoms with Crippen LogP contribution >= 0.6 is 0 Å². The fourth-order valence-corrected chi connectivity index (χ4v) is 2.91. The quantitative estimate of drug-likeness (QED) is 0.915. The molecule has 0 radical (unpaired) electrons. The van der Waals surface area contributed by atoms with E-state index in [0.29, 0.717) is 0 Å². The number of benzene rings is 1. The molecule has 1 heterocycles.